The molecule has 23 heavy (non-hydrogen) atoms. The lowest BCUT2D eigenvalue weighted by atomic mass is 10.0. The maximum atomic E-state index is 5.75. The molecule has 0 aliphatic carbocycles. The number of benzene rings is 3. The minimum atomic E-state index is -0.135. The number of methoxy groups -OCH3 is 1. The van der Waals surface area contributed by atoms with Gasteiger partial charge in [0.1, 0.15) is 12.4 Å². The highest BCUT2D eigenvalue weighted by Crippen LogP contribution is 2.28. The van der Waals surface area contributed by atoms with E-state index in [1.807, 2.05) is 6.07 Å². The quantitative estimate of drug-likeness (QED) is 0.650. The molecule has 0 fully saturated rings. The Kier molecular flexibility index (Phi) is 3.05. The number of ether oxygens (including phenoxy) is 2. The van der Waals surface area contributed by atoms with Crippen molar-refractivity contribution in [1.82, 2.24) is 0 Å². The predicted octanol–water partition coefficient (Wildman–Crippen LogP) is 4.56. The molecule has 0 unspecified atom stereocenters. The molecule has 0 saturated heterocycles. The highest BCUT2D eigenvalue weighted by atomic mass is 16.5. The normalized spacial score (nSPS) is 16.4. The Morgan fingerprint density at radius 2 is 1.61 bits per heavy atom. The van der Waals surface area contributed by atoms with Crippen molar-refractivity contribution in [2.75, 3.05) is 13.7 Å². The average molecular weight is 305 g/mol. The van der Waals surface area contributed by atoms with E-state index in [2.05, 4.69) is 61.3 Å². The van der Waals surface area contributed by atoms with Crippen LogP contribution in [-0.2, 0) is 4.74 Å². The summed E-state index contributed by atoms with van der Waals surface area (Å²) in [5.74, 6) is 1.62. The van der Waals surface area contributed by atoms with E-state index < -0.39 is 0 Å². The minimum Gasteiger partial charge on any atom is -0.497 e. The summed E-state index contributed by atoms with van der Waals surface area (Å²) in [6, 6.07) is 16.9. The van der Waals surface area contributed by atoms with Gasteiger partial charge in [-0.2, -0.15) is 0 Å². The zero-order valence-corrected chi connectivity index (χ0v) is 13.6. The zero-order chi connectivity index (χ0) is 16.0. The molecule has 0 amide bonds. The Labute approximate surface area is 135 Å². The molecule has 0 N–H and O–H groups in total. The lowest BCUT2D eigenvalue weighted by molar-refractivity contribution is 0.279. The molecule has 4 rings (SSSR count). The van der Waals surface area contributed by atoms with Crippen molar-refractivity contribution in [3.63, 3.8) is 0 Å². The first-order valence-corrected chi connectivity index (χ1v) is 7.79. The van der Waals surface area contributed by atoms with Crippen LogP contribution in [0.5, 0.6) is 5.75 Å². The number of nitrogens with zero attached hydrogens (tertiary/aromatic N) is 1. The third kappa shape index (κ3) is 2.52. The van der Waals surface area contributed by atoms with E-state index in [1.54, 1.807) is 7.11 Å². The van der Waals surface area contributed by atoms with Gasteiger partial charge in [0.2, 0.25) is 5.90 Å². The van der Waals surface area contributed by atoms with Crippen LogP contribution in [0.1, 0.15) is 19.4 Å². The Morgan fingerprint density at radius 3 is 2.26 bits per heavy atom. The number of aliphatic imine (C=N–C) groups is 1. The van der Waals surface area contributed by atoms with Crippen LogP contribution >= 0.6 is 0 Å². The topological polar surface area (TPSA) is 30.8 Å². The van der Waals surface area contributed by atoms with Crippen LogP contribution in [0.4, 0.5) is 0 Å². The molecule has 0 aromatic heterocycles. The van der Waals surface area contributed by atoms with E-state index in [-0.39, 0.29) is 5.54 Å². The van der Waals surface area contributed by atoms with E-state index in [4.69, 9.17) is 9.47 Å². The van der Waals surface area contributed by atoms with Crippen LogP contribution in [0, 0.1) is 0 Å². The molecule has 0 saturated carbocycles. The minimum absolute atomic E-state index is 0.135. The third-order valence-corrected chi connectivity index (χ3v) is 4.22. The second-order valence-electron chi connectivity index (χ2n) is 6.65. The summed E-state index contributed by atoms with van der Waals surface area (Å²) in [5.41, 5.74) is 0.903. The van der Waals surface area contributed by atoms with Crippen molar-refractivity contribution in [2.24, 2.45) is 4.99 Å². The van der Waals surface area contributed by atoms with E-state index in [1.165, 1.54) is 21.5 Å². The smallest absolute Gasteiger partial charge is 0.216 e. The monoisotopic (exact) mass is 305 g/mol. The molecule has 1 aliphatic heterocycles. The fourth-order valence-electron chi connectivity index (χ4n) is 2.97. The summed E-state index contributed by atoms with van der Waals surface area (Å²) in [6.45, 7) is 4.81. The maximum Gasteiger partial charge on any atom is 0.216 e. The third-order valence-electron chi connectivity index (χ3n) is 4.22. The molecule has 3 aromatic rings. The Bertz CT molecular complexity index is 941. The van der Waals surface area contributed by atoms with Crippen LogP contribution in [-0.4, -0.2) is 25.2 Å². The van der Waals surface area contributed by atoms with Crippen molar-refractivity contribution < 1.29 is 9.47 Å². The van der Waals surface area contributed by atoms with Gasteiger partial charge in [0.25, 0.3) is 0 Å². The lowest BCUT2D eigenvalue weighted by Gasteiger charge is -2.07. The molecule has 0 spiro atoms. The first kappa shape index (κ1) is 14.1. The summed E-state index contributed by atoms with van der Waals surface area (Å²) in [6.07, 6.45) is 0. The van der Waals surface area contributed by atoms with Gasteiger partial charge in [-0.15, -0.1) is 0 Å². The van der Waals surface area contributed by atoms with Crippen LogP contribution in [0.3, 0.4) is 0 Å². The summed E-state index contributed by atoms with van der Waals surface area (Å²) in [7, 11) is 1.69. The Balaban J connectivity index is 1.84. The second-order valence-corrected chi connectivity index (χ2v) is 6.65. The molecule has 1 aliphatic rings. The summed E-state index contributed by atoms with van der Waals surface area (Å²) >= 11 is 0. The summed E-state index contributed by atoms with van der Waals surface area (Å²) in [5, 5.41) is 4.77. The largest absolute Gasteiger partial charge is 0.497 e. The van der Waals surface area contributed by atoms with Gasteiger partial charge in [-0.1, -0.05) is 12.1 Å². The Hall–Kier alpha value is -2.55. The highest BCUT2D eigenvalue weighted by Gasteiger charge is 2.26. The first-order chi connectivity index (χ1) is 11.0. The van der Waals surface area contributed by atoms with E-state index >= 15 is 0 Å². The molecule has 3 heteroatoms. The molecular weight excluding hydrogens is 286 g/mol. The molecule has 1 heterocycles. The van der Waals surface area contributed by atoms with Crippen molar-refractivity contribution >= 4 is 27.4 Å². The van der Waals surface area contributed by atoms with Crippen LogP contribution in [0.25, 0.3) is 21.5 Å². The van der Waals surface area contributed by atoms with Gasteiger partial charge in [-0.3, -0.25) is 0 Å². The van der Waals surface area contributed by atoms with Crippen LogP contribution < -0.4 is 4.74 Å². The van der Waals surface area contributed by atoms with Gasteiger partial charge < -0.3 is 9.47 Å². The number of hydrogen-bond acceptors (Lipinski definition) is 3. The standard InChI is InChI=1S/C20H19NO2/c1-20(2)12-23-19(21-20)15-5-4-13-9-17-11-18(22-3)7-6-14(17)8-16(13)10-15/h4-11H,12H2,1-3H3. The van der Waals surface area contributed by atoms with Crippen molar-refractivity contribution in [3.8, 4) is 5.75 Å². The van der Waals surface area contributed by atoms with Gasteiger partial charge in [0, 0.05) is 5.56 Å². The van der Waals surface area contributed by atoms with Gasteiger partial charge in [0.15, 0.2) is 0 Å². The average Bonchev–Trinajstić information content (AvgIpc) is 2.92. The molecule has 0 bridgehead atoms. The number of hydrogen-bond donors (Lipinski definition) is 0. The molecule has 0 radical (unpaired) electrons. The Morgan fingerprint density at radius 1 is 0.913 bits per heavy atom. The predicted molar refractivity (Wildman–Crippen MR) is 94.6 cm³/mol. The number of fused-ring (bicyclic) bond motifs is 2. The first-order valence-electron chi connectivity index (χ1n) is 7.79. The van der Waals surface area contributed by atoms with Crippen LogP contribution in [0.15, 0.2) is 53.5 Å². The zero-order valence-electron chi connectivity index (χ0n) is 13.6. The van der Waals surface area contributed by atoms with E-state index in [9.17, 15) is 0 Å². The molecule has 3 nitrogen and oxygen atoms in total. The van der Waals surface area contributed by atoms with Gasteiger partial charge in [0.05, 0.1) is 12.6 Å². The van der Waals surface area contributed by atoms with Gasteiger partial charge in [-0.05, 0) is 71.8 Å². The molecule has 3 aromatic carbocycles. The SMILES string of the molecule is COc1ccc2cc3cc(C4=NC(C)(C)CO4)ccc3cc2c1. The van der Waals surface area contributed by atoms with Gasteiger partial charge in [-0.25, -0.2) is 4.99 Å². The van der Waals surface area contributed by atoms with Crippen molar-refractivity contribution in [3.05, 3.63) is 54.1 Å². The maximum absolute atomic E-state index is 5.75. The lowest BCUT2D eigenvalue weighted by Crippen LogP contribution is -2.17. The van der Waals surface area contributed by atoms with E-state index in [0.717, 1.165) is 17.2 Å². The summed E-state index contributed by atoms with van der Waals surface area (Å²) in [4.78, 5) is 4.66. The number of rotatable bonds is 2. The second kappa shape index (κ2) is 4.98. The fraction of sp³-hybridized carbons (Fsp3) is 0.250. The fourth-order valence-corrected chi connectivity index (χ4v) is 2.97. The van der Waals surface area contributed by atoms with Crippen molar-refractivity contribution in [1.29, 1.82) is 0 Å². The molecule has 0 atom stereocenters. The summed E-state index contributed by atoms with van der Waals surface area (Å²) < 4.78 is 11.1. The van der Waals surface area contributed by atoms with Gasteiger partial charge >= 0.3 is 0 Å². The molecule has 116 valence electrons. The molecular formula is C20H19NO2. The van der Waals surface area contributed by atoms with E-state index in [0.29, 0.717) is 6.61 Å². The van der Waals surface area contributed by atoms with Crippen LogP contribution in [0.2, 0.25) is 0 Å². The van der Waals surface area contributed by atoms with Crippen molar-refractivity contribution in [2.45, 2.75) is 19.4 Å². The highest BCUT2D eigenvalue weighted by molar-refractivity contribution is 6.03.